The van der Waals surface area contributed by atoms with Gasteiger partial charge in [0.05, 0.1) is 18.7 Å². The predicted octanol–water partition coefficient (Wildman–Crippen LogP) is 1.13. The summed E-state index contributed by atoms with van der Waals surface area (Å²) >= 11 is 0. The van der Waals surface area contributed by atoms with E-state index in [-0.39, 0.29) is 12.1 Å². The minimum Gasteiger partial charge on any atom is -0.481 e. The van der Waals surface area contributed by atoms with Gasteiger partial charge in [0.25, 0.3) is 0 Å². The van der Waals surface area contributed by atoms with Gasteiger partial charge >= 0.3 is 12.0 Å². The van der Waals surface area contributed by atoms with E-state index in [9.17, 15) is 9.59 Å². The van der Waals surface area contributed by atoms with Crippen molar-refractivity contribution in [3.63, 3.8) is 0 Å². The molecule has 1 aromatic rings. The molecule has 2 unspecified atom stereocenters. The van der Waals surface area contributed by atoms with Gasteiger partial charge in [0.2, 0.25) is 0 Å². The predicted molar refractivity (Wildman–Crippen MR) is 76.9 cm³/mol. The highest BCUT2D eigenvalue weighted by molar-refractivity contribution is 5.76. The van der Waals surface area contributed by atoms with Gasteiger partial charge in [-0.3, -0.25) is 9.48 Å². The van der Waals surface area contributed by atoms with Crippen LogP contribution in [0.1, 0.15) is 31.2 Å². The molecule has 1 aromatic heterocycles. The fraction of sp³-hybridized carbons (Fsp3) is 0.643. The van der Waals surface area contributed by atoms with Gasteiger partial charge in [0, 0.05) is 18.8 Å². The first-order valence-electron chi connectivity index (χ1n) is 7.32. The van der Waals surface area contributed by atoms with Crippen molar-refractivity contribution >= 4 is 12.0 Å². The molecule has 0 saturated heterocycles. The Hall–Kier alpha value is -2.05. The number of aryl methyl sites for hydroxylation is 1. The zero-order valence-corrected chi connectivity index (χ0v) is 12.2. The molecule has 1 aliphatic rings. The third-order valence-electron chi connectivity index (χ3n) is 3.79. The SMILES string of the molecule is Cc1cnn(CCNC(=O)NC2CCCCC2C(=O)O)c1. The van der Waals surface area contributed by atoms with Crippen molar-refractivity contribution < 1.29 is 14.7 Å². The maximum atomic E-state index is 11.8. The van der Waals surface area contributed by atoms with Crippen molar-refractivity contribution in [2.75, 3.05) is 6.54 Å². The first-order valence-corrected chi connectivity index (χ1v) is 7.32. The third-order valence-corrected chi connectivity index (χ3v) is 3.79. The summed E-state index contributed by atoms with van der Waals surface area (Å²) in [6, 6.07) is -0.583. The minimum absolute atomic E-state index is 0.275. The van der Waals surface area contributed by atoms with E-state index in [1.165, 1.54) is 0 Å². The average molecular weight is 294 g/mol. The van der Waals surface area contributed by atoms with Gasteiger partial charge in [-0.2, -0.15) is 5.10 Å². The number of rotatable bonds is 5. The number of aromatic nitrogens is 2. The summed E-state index contributed by atoms with van der Waals surface area (Å²) in [6.45, 7) is 3.00. The van der Waals surface area contributed by atoms with Crippen LogP contribution in [-0.4, -0.2) is 39.5 Å². The van der Waals surface area contributed by atoms with Gasteiger partial charge in [-0.25, -0.2) is 4.79 Å². The fourth-order valence-electron chi connectivity index (χ4n) is 2.69. The first kappa shape index (κ1) is 15.3. The van der Waals surface area contributed by atoms with E-state index in [0.29, 0.717) is 19.5 Å². The van der Waals surface area contributed by atoms with Gasteiger partial charge in [-0.1, -0.05) is 12.8 Å². The van der Waals surface area contributed by atoms with E-state index in [0.717, 1.165) is 24.8 Å². The van der Waals surface area contributed by atoms with Crippen LogP contribution in [0.5, 0.6) is 0 Å². The highest BCUT2D eigenvalue weighted by Gasteiger charge is 2.31. The molecule has 0 spiro atoms. The molecule has 1 fully saturated rings. The van der Waals surface area contributed by atoms with Gasteiger partial charge in [0.1, 0.15) is 0 Å². The molecule has 116 valence electrons. The van der Waals surface area contributed by atoms with Crippen molar-refractivity contribution in [3.8, 4) is 0 Å². The molecule has 7 nitrogen and oxygen atoms in total. The Morgan fingerprint density at radius 2 is 2.19 bits per heavy atom. The molecule has 0 aromatic carbocycles. The smallest absolute Gasteiger partial charge is 0.315 e. The Morgan fingerprint density at radius 3 is 2.86 bits per heavy atom. The van der Waals surface area contributed by atoms with Crippen LogP contribution >= 0.6 is 0 Å². The second-order valence-corrected chi connectivity index (χ2v) is 5.52. The highest BCUT2D eigenvalue weighted by Crippen LogP contribution is 2.24. The second-order valence-electron chi connectivity index (χ2n) is 5.52. The molecule has 0 bridgehead atoms. The molecular formula is C14H22N4O3. The number of carbonyl (C=O) groups is 2. The van der Waals surface area contributed by atoms with Crippen molar-refractivity contribution in [1.29, 1.82) is 0 Å². The third kappa shape index (κ3) is 4.47. The summed E-state index contributed by atoms with van der Waals surface area (Å²) in [5, 5.41) is 18.8. The van der Waals surface area contributed by atoms with E-state index < -0.39 is 11.9 Å². The molecule has 0 aliphatic heterocycles. The minimum atomic E-state index is -0.827. The summed E-state index contributed by atoms with van der Waals surface area (Å²) in [5.74, 6) is -1.30. The molecule has 21 heavy (non-hydrogen) atoms. The summed E-state index contributed by atoms with van der Waals surface area (Å²) in [7, 11) is 0. The van der Waals surface area contributed by atoms with Crippen molar-refractivity contribution in [3.05, 3.63) is 18.0 Å². The van der Waals surface area contributed by atoms with Crippen LogP contribution in [0.25, 0.3) is 0 Å². The van der Waals surface area contributed by atoms with Crippen LogP contribution in [0.15, 0.2) is 12.4 Å². The van der Waals surface area contributed by atoms with E-state index in [4.69, 9.17) is 5.11 Å². The summed E-state index contributed by atoms with van der Waals surface area (Å²) in [5.41, 5.74) is 1.07. The molecule has 1 heterocycles. The van der Waals surface area contributed by atoms with E-state index >= 15 is 0 Å². The number of carbonyl (C=O) groups excluding carboxylic acids is 1. The van der Waals surface area contributed by atoms with Crippen LogP contribution in [0.3, 0.4) is 0 Å². The zero-order chi connectivity index (χ0) is 15.2. The average Bonchev–Trinajstić information content (AvgIpc) is 2.85. The Labute approximate surface area is 123 Å². The van der Waals surface area contributed by atoms with Crippen LogP contribution in [-0.2, 0) is 11.3 Å². The number of hydrogen-bond donors (Lipinski definition) is 3. The van der Waals surface area contributed by atoms with Crippen LogP contribution in [0, 0.1) is 12.8 Å². The van der Waals surface area contributed by atoms with Crippen LogP contribution in [0.2, 0.25) is 0 Å². The highest BCUT2D eigenvalue weighted by atomic mass is 16.4. The van der Waals surface area contributed by atoms with Crippen molar-refractivity contribution in [1.82, 2.24) is 20.4 Å². The first-order chi connectivity index (χ1) is 10.1. The van der Waals surface area contributed by atoms with Gasteiger partial charge in [-0.15, -0.1) is 0 Å². The van der Waals surface area contributed by atoms with Gasteiger partial charge < -0.3 is 15.7 Å². The number of carboxylic acid groups (broad SMARTS) is 1. The topological polar surface area (TPSA) is 96.3 Å². The number of aliphatic carboxylic acids is 1. The van der Waals surface area contributed by atoms with E-state index in [1.807, 2.05) is 13.1 Å². The lowest BCUT2D eigenvalue weighted by Crippen LogP contribution is -2.49. The number of nitrogens with one attached hydrogen (secondary N) is 2. The molecule has 7 heteroatoms. The van der Waals surface area contributed by atoms with Crippen molar-refractivity contribution in [2.45, 2.75) is 45.2 Å². The number of urea groups is 1. The molecular weight excluding hydrogens is 272 g/mol. The second kappa shape index (κ2) is 7.10. The zero-order valence-electron chi connectivity index (χ0n) is 12.2. The number of nitrogens with zero attached hydrogens (tertiary/aromatic N) is 2. The monoisotopic (exact) mass is 294 g/mol. The lowest BCUT2D eigenvalue weighted by atomic mass is 9.84. The lowest BCUT2D eigenvalue weighted by molar-refractivity contribution is -0.143. The maximum absolute atomic E-state index is 11.8. The Kier molecular flexibility index (Phi) is 5.19. The van der Waals surface area contributed by atoms with Crippen LogP contribution < -0.4 is 10.6 Å². The quantitative estimate of drug-likeness (QED) is 0.758. The molecule has 1 saturated carbocycles. The Bertz CT molecular complexity index is 500. The Balaban J connectivity index is 1.74. The summed E-state index contributed by atoms with van der Waals surface area (Å²) < 4.78 is 1.76. The fourth-order valence-corrected chi connectivity index (χ4v) is 2.69. The van der Waals surface area contributed by atoms with Crippen molar-refractivity contribution in [2.24, 2.45) is 5.92 Å². The molecule has 2 amide bonds. The van der Waals surface area contributed by atoms with Crippen LogP contribution in [0.4, 0.5) is 4.79 Å². The Morgan fingerprint density at radius 1 is 1.43 bits per heavy atom. The number of carboxylic acids is 1. The standard InChI is InChI=1S/C14H22N4O3/c1-10-8-16-18(9-10)7-6-15-14(21)17-12-5-3-2-4-11(12)13(19)20/h8-9,11-12H,2-7H2,1H3,(H,19,20)(H2,15,17,21). The molecule has 0 radical (unpaired) electrons. The molecule has 2 rings (SSSR count). The maximum Gasteiger partial charge on any atom is 0.315 e. The lowest BCUT2D eigenvalue weighted by Gasteiger charge is -2.29. The molecule has 2 atom stereocenters. The molecule has 1 aliphatic carbocycles. The van der Waals surface area contributed by atoms with E-state index in [2.05, 4.69) is 15.7 Å². The van der Waals surface area contributed by atoms with Gasteiger partial charge in [-0.05, 0) is 25.3 Å². The van der Waals surface area contributed by atoms with E-state index in [1.54, 1.807) is 10.9 Å². The number of hydrogen-bond acceptors (Lipinski definition) is 3. The summed E-state index contributed by atoms with van der Waals surface area (Å²) in [4.78, 5) is 23.0. The number of amides is 2. The van der Waals surface area contributed by atoms with Gasteiger partial charge in [0.15, 0.2) is 0 Å². The largest absolute Gasteiger partial charge is 0.481 e. The molecule has 3 N–H and O–H groups in total. The normalized spacial score (nSPS) is 21.8. The summed E-state index contributed by atoms with van der Waals surface area (Å²) in [6.07, 6.45) is 6.90.